The fourth-order valence-corrected chi connectivity index (χ4v) is 1.05. The van der Waals surface area contributed by atoms with Crippen LogP contribution in [0.5, 0.6) is 0 Å². The molecule has 0 saturated heterocycles. The second-order valence-corrected chi connectivity index (χ2v) is 3.16. The number of halogens is 1. The number of nitrogens with one attached hydrogen (secondary N) is 1. The molecule has 1 rings (SSSR count). The van der Waals surface area contributed by atoms with Crippen molar-refractivity contribution in [3.05, 3.63) is 34.4 Å². The Labute approximate surface area is 105 Å². The van der Waals surface area contributed by atoms with Gasteiger partial charge in [-0.15, -0.1) is 12.4 Å². The molecular formula is C10H15ClN4O2. The molecule has 3 N–H and O–H groups in total. The number of hydrogen-bond acceptors (Lipinski definition) is 5. The van der Waals surface area contributed by atoms with Gasteiger partial charge in [-0.05, 0) is 31.5 Å². The standard InChI is InChI=1S/C10H14N4O2.ClH/c11-7-1-2-8-12-13-9-3-5-10(6-4-9)14(15)16;/h3-6,8,13H,1-2,7,11H2;1H/b12-8+;. The van der Waals surface area contributed by atoms with Crippen LogP contribution in [0.3, 0.4) is 0 Å². The third-order valence-corrected chi connectivity index (χ3v) is 1.90. The molecule has 0 atom stereocenters. The minimum atomic E-state index is -0.436. The minimum absolute atomic E-state index is 0. The van der Waals surface area contributed by atoms with Gasteiger partial charge in [0, 0.05) is 18.3 Å². The van der Waals surface area contributed by atoms with E-state index in [0.717, 1.165) is 18.5 Å². The van der Waals surface area contributed by atoms with Gasteiger partial charge in [-0.25, -0.2) is 0 Å². The molecule has 0 aromatic heterocycles. The van der Waals surface area contributed by atoms with E-state index in [1.165, 1.54) is 12.1 Å². The lowest BCUT2D eigenvalue weighted by Crippen LogP contribution is -1.98. The lowest BCUT2D eigenvalue weighted by Gasteiger charge is -1.98. The molecule has 17 heavy (non-hydrogen) atoms. The van der Waals surface area contributed by atoms with Crippen LogP contribution in [0.2, 0.25) is 0 Å². The van der Waals surface area contributed by atoms with Crippen LogP contribution in [0.1, 0.15) is 12.8 Å². The summed E-state index contributed by atoms with van der Waals surface area (Å²) in [5.74, 6) is 0. The molecule has 1 aromatic rings. The molecule has 0 aliphatic carbocycles. The van der Waals surface area contributed by atoms with Crippen LogP contribution in [0.25, 0.3) is 0 Å². The highest BCUT2D eigenvalue weighted by molar-refractivity contribution is 5.85. The Morgan fingerprint density at radius 2 is 2.06 bits per heavy atom. The smallest absolute Gasteiger partial charge is 0.269 e. The van der Waals surface area contributed by atoms with Gasteiger partial charge < -0.3 is 5.73 Å². The third kappa shape index (κ3) is 5.84. The van der Waals surface area contributed by atoms with Gasteiger partial charge in [0.1, 0.15) is 0 Å². The average molecular weight is 259 g/mol. The van der Waals surface area contributed by atoms with E-state index in [-0.39, 0.29) is 18.1 Å². The molecule has 0 spiro atoms. The summed E-state index contributed by atoms with van der Waals surface area (Å²) in [5, 5.41) is 14.3. The predicted octanol–water partition coefficient (Wildman–Crippen LogP) is 2.15. The molecule has 0 heterocycles. The van der Waals surface area contributed by atoms with E-state index in [0.29, 0.717) is 6.54 Å². The highest BCUT2D eigenvalue weighted by Crippen LogP contribution is 2.14. The Bertz CT molecular complexity index is 367. The zero-order valence-corrected chi connectivity index (χ0v) is 10.0. The first-order valence-corrected chi connectivity index (χ1v) is 4.96. The van der Waals surface area contributed by atoms with Crippen molar-refractivity contribution in [2.24, 2.45) is 10.8 Å². The van der Waals surface area contributed by atoms with E-state index >= 15 is 0 Å². The van der Waals surface area contributed by atoms with Crippen molar-refractivity contribution >= 4 is 30.0 Å². The monoisotopic (exact) mass is 258 g/mol. The highest BCUT2D eigenvalue weighted by Gasteiger charge is 2.02. The minimum Gasteiger partial charge on any atom is -0.330 e. The quantitative estimate of drug-likeness (QED) is 0.354. The summed E-state index contributed by atoms with van der Waals surface area (Å²) in [6.07, 6.45) is 3.44. The molecule has 0 unspecified atom stereocenters. The first-order valence-electron chi connectivity index (χ1n) is 4.96. The van der Waals surface area contributed by atoms with Crippen LogP contribution in [0.15, 0.2) is 29.4 Å². The van der Waals surface area contributed by atoms with Gasteiger partial charge >= 0.3 is 0 Å². The molecule has 7 heteroatoms. The van der Waals surface area contributed by atoms with Gasteiger partial charge in [-0.3, -0.25) is 15.5 Å². The van der Waals surface area contributed by atoms with E-state index in [1.54, 1.807) is 18.3 Å². The number of nitro groups is 1. The number of nitro benzene ring substituents is 1. The predicted molar refractivity (Wildman–Crippen MR) is 70.7 cm³/mol. The van der Waals surface area contributed by atoms with Crippen LogP contribution in [0.4, 0.5) is 11.4 Å². The first kappa shape index (κ1) is 15.3. The molecule has 1 aromatic carbocycles. The molecule has 0 bridgehead atoms. The Hall–Kier alpha value is -1.66. The average Bonchev–Trinajstić information content (AvgIpc) is 2.29. The van der Waals surface area contributed by atoms with E-state index in [2.05, 4.69) is 10.5 Å². The molecular weight excluding hydrogens is 244 g/mol. The van der Waals surface area contributed by atoms with Crippen LogP contribution in [-0.4, -0.2) is 17.7 Å². The molecule has 0 amide bonds. The van der Waals surface area contributed by atoms with Gasteiger partial charge in [0.25, 0.3) is 5.69 Å². The Morgan fingerprint density at radius 1 is 1.41 bits per heavy atom. The maximum Gasteiger partial charge on any atom is 0.269 e. The molecule has 6 nitrogen and oxygen atoms in total. The number of nitrogens with two attached hydrogens (primary N) is 1. The van der Waals surface area contributed by atoms with E-state index < -0.39 is 4.92 Å². The number of benzene rings is 1. The first-order chi connectivity index (χ1) is 7.74. The third-order valence-electron chi connectivity index (χ3n) is 1.90. The molecule has 0 saturated carbocycles. The summed E-state index contributed by atoms with van der Waals surface area (Å²) >= 11 is 0. The number of nitrogens with zero attached hydrogens (tertiary/aromatic N) is 2. The van der Waals surface area contributed by atoms with E-state index in [9.17, 15) is 10.1 Å². The number of hydrazone groups is 1. The van der Waals surface area contributed by atoms with E-state index in [1.807, 2.05) is 0 Å². The molecule has 0 fully saturated rings. The summed E-state index contributed by atoms with van der Waals surface area (Å²) in [7, 11) is 0. The highest BCUT2D eigenvalue weighted by atomic mass is 35.5. The van der Waals surface area contributed by atoms with Gasteiger partial charge in [-0.1, -0.05) is 0 Å². The number of non-ortho nitro benzene ring substituents is 1. The van der Waals surface area contributed by atoms with Crippen molar-refractivity contribution < 1.29 is 4.92 Å². The number of rotatable bonds is 6. The molecule has 0 radical (unpaired) electrons. The van der Waals surface area contributed by atoms with Gasteiger partial charge in [-0.2, -0.15) is 5.10 Å². The van der Waals surface area contributed by atoms with Gasteiger partial charge in [0.15, 0.2) is 0 Å². The second kappa shape index (κ2) is 8.49. The summed E-state index contributed by atoms with van der Waals surface area (Å²) in [4.78, 5) is 9.95. The topological polar surface area (TPSA) is 93.5 Å². The molecule has 0 aliphatic heterocycles. The van der Waals surface area contributed by atoms with Gasteiger partial charge in [0.2, 0.25) is 0 Å². The van der Waals surface area contributed by atoms with Crippen LogP contribution in [0, 0.1) is 10.1 Å². The fraction of sp³-hybridized carbons (Fsp3) is 0.300. The number of unbranched alkanes of at least 4 members (excludes halogenated alkanes) is 1. The maximum atomic E-state index is 10.4. The van der Waals surface area contributed by atoms with Crippen molar-refractivity contribution in [1.82, 2.24) is 0 Å². The summed E-state index contributed by atoms with van der Waals surface area (Å²) in [5.41, 5.74) is 8.88. The normalized spacial score (nSPS) is 9.94. The van der Waals surface area contributed by atoms with Crippen LogP contribution >= 0.6 is 12.4 Å². The van der Waals surface area contributed by atoms with Crippen molar-refractivity contribution in [1.29, 1.82) is 0 Å². The van der Waals surface area contributed by atoms with Crippen molar-refractivity contribution in [3.8, 4) is 0 Å². The SMILES string of the molecule is Cl.NCCC/C=N/Nc1ccc([N+](=O)[O-])cc1. The Morgan fingerprint density at radius 3 is 2.59 bits per heavy atom. The summed E-state index contributed by atoms with van der Waals surface area (Å²) in [6.45, 7) is 0.642. The van der Waals surface area contributed by atoms with Crippen molar-refractivity contribution in [3.63, 3.8) is 0 Å². The zero-order chi connectivity index (χ0) is 11.8. The Kier molecular flexibility index (Phi) is 7.66. The molecule has 94 valence electrons. The van der Waals surface area contributed by atoms with Crippen LogP contribution in [-0.2, 0) is 0 Å². The lowest BCUT2D eigenvalue weighted by atomic mass is 10.3. The van der Waals surface area contributed by atoms with Crippen molar-refractivity contribution in [2.45, 2.75) is 12.8 Å². The van der Waals surface area contributed by atoms with E-state index in [4.69, 9.17) is 5.73 Å². The number of anilines is 1. The lowest BCUT2D eigenvalue weighted by molar-refractivity contribution is -0.384. The summed E-state index contributed by atoms with van der Waals surface area (Å²) in [6, 6.07) is 6.08. The largest absolute Gasteiger partial charge is 0.330 e. The maximum absolute atomic E-state index is 10.4. The molecule has 0 aliphatic rings. The van der Waals surface area contributed by atoms with Crippen molar-refractivity contribution in [2.75, 3.05) is 12.0 Å². The number of hydrogen-bond donors (Lipinski definition) is 2. The van der Waals surface area contributed by atoms with Gasteiger partial charge in [0.05, 0.1) is 10.6 Å². The Balaban J connectivity index is 0.00000256. The second-order valence-electron chi connectivity index (χ2n) is 3.16. The summed E-state index contributed by atoms with van der Waals surface area (Å²) < 4.78 is 0. The zero-order valence-electron chi connectivity index (χ0n) is 9.20. The van der Waals surface area contributed by atoms with Crippen LogP contribution < -0.4 is 11.2 Å². The fourth-order valence-electron chi connectivity index (χ4n) is 1.05.